The van der Waals surface area contributed by atoms with Crippen LogP contribution in [0.4, 0.5) is 13.2 Å². The number of fused-ring (bicyclic) bond motifs is 2. The van der Waals surface area contributed by atoms with Gasteiger partial charge in [-0.05, 0) is 82.2 Å². The maximum Gasteiger partial charge on any atom is 0.306 e. The number of aryl methyl sites for hydroxylation is 1. The molecular weight excluding hydrogens is 627 g/mol. The van der Waals surface area contributed by atoms with Crippen molar-refractivity contribution in [2.75, 3.05) is 33.5 Å². The van der Waals surface area contributed by atoms with E-state index in [1.165, 1.54) is 18.1 Å². The number of methoxy groups -OCH3 is 1. The zero-order valence-electron chi connectivity index (χ0n) is 27.9. The lowest BCUT2D eigenvalue weighted by atomic mass is 9.93. The molecule has 1 N–H and O–H groups in total. The number of benzene rings is 1. The number of imidazole rings is 1. The Morgan fingerprint density at radius 3 is 2.42 bits per heavy atom. The normalized spacial score (nSPS) is 18.9. The van der Waals surface area contributed by atoms with Gasteiger partial charge >= 0.3 is 5.97 Å². The number of halogens is 3. The molecule has 1 aliphatic carbocycles. The average Bonchev–Trinajstić information content (AvgIpc) is 3.71. The van der Waals surface area contributed by atoms with Crippen LogP contribution in [0, 0.1) is 11.8 Å². The largest absolute Gasteiger partial charge is 0.494 e. The van der Waals surface area contributed by atoms with Crippen molar-refractivity contribution in [3.63, 3.8) is 0 Å². The molecule has 1 aromatic carbocycles. The molecule has 10 nitrogen and oxygen atoms in total. The van der Waals surface area contributed by atoms with Crippen LogP contribution in [-0.4, -0.2) is 86.3 Å². The minimum Gasteiger partial charge on any atom is -0.494 e. The molecule has 0 spiro atoms. The first-order valence-corrected chi connectivity index (χ1v) is 16.3. The quantitative estimate of drug-likeness (QED) is 0.217. The molecule has 1 amide bonds. The predicted molar refractivity (Wildman–Crippen MR) is 174 cm³/mol. The number of carbonyl (C=O) groups is 2. The Hall–Kier alpha value is -4.13. The minimum atomic E-state index is -2.33. The first-order valence-electron chi connectivity index (χ1n) is 16.3. The third-order valence-electron chi connectivity index (χ3n) is 9.08. The van der Waals surface area contributed by atoms with Crippen molar-refractivity contribution in [3.05, 3.63) is 41.6 Å². The molecule has 258 valence electrons. The molecule has 1 saturated heterocycles. The van der Waals surface area contributed by atoms with Gasteiger partial charge in [-0.25, -0.2) is 23.1 Å². The average molecular weight is 670 g/mol. The molecule has 1 saturated carbocycles. The highest BCUT2D eigenvalue weighted by atomic mass is 19.1. The number of rotatable bonds is 10. The Labute approximate surface area is 276 Å². The Morgan fingerprint density at radius 2 is 1.77 bits per heavy atom. The minimum absolute atomic E-state index is 0.0134. The van der Waals surface area contributed by atoms with Crippen LogP contribution in [0.1, 0.15) is 62.5 Å². The third-order valence-corrected chi connectivity index (χ3v) is 9.08. The van der Waals surface area contributed by atoms with Crippen LogP contribution in [-0.2, 0) is 28.7 Å². The van der Waals surface area contributed by atoms with E-state index in [-0.39, 0.29) is 43.1 Å². The molecule has 13 heteroatoms. The molecule has 3 aromatic heterocycles. The lowest BCUT2D eigenvalue weighted by molar-refractivity contribution is -0.156. The fourth-order valence-electron chi connectivity index (χ4n) is 6.56. The summed E-state index contributed by atoms with van der Waals surface area (Å²) in [5.74, 6) is 0.155. The van der Waals surface area contributed by atoms with Crippen LogP contribution in [0.5, 0.6) is 5.75 Å². The molecule has 2 aliphatic rings. The second kappa shape index (κ2) is 12.7. The topological polar surface area (TPSA) is 112 Å². The van der Waals surface area contributed by atoms with Gasteiger partial charge in [0, 0.05) is 31.1 Å². The van der Waals surface area contributed by atoms with Gasteiger partial charge in [-0.3, -0.25) is 9.59 Å². The van der Waals surface area contributed by atoms with Crippen molar-refractivity contribution in [3.8, 4) is 17.3 Å². The molecule has 1 aliphatic heterocycles. The van der Waals surface area contributed by atoms with Crippen molar-refractivity contribution < 1.29 is 37.3 Å². The van der Waals surface area contributed by atoms with E-state index in [9.17, 15) is 27.9 Å². The SMILES string of the molecule is COc1cc(C(=O)N2C[C@H](F)C[C@@H](CC(=O)OC(C)(C)C)C2)cc2nc(-c3cc4ccc(C(O)(CF)CF)nc4n3CC3CC3)n(C)c12. The van der Waals surface area contributed by atoms with E-state index in [4.69, 9.17) is 14.5 Å². The standard InChI is InChI=1S/C35H42F3N5O5/c1-34(2,3)48-29(44)11-21-10-24(38)17-42(15-21)33(45)23-12-25-30(27(14-23)47-5)41(4)32(39-25)26-13-22-8-9-28(35(46,18-36)19-37)40-31(22)43(26)16-20-6-7-20/h8-9,12-14,20-21,24,46H,6-7,10-11,15-19H2,1-5H3/t21-,24+/m0/s1. The first-order chi connectivity index (χ1) is 22.7. The Balaban J connectivity index is 1.36. The van der Waals surface area contributed by atoms with E-state index < -0.39 is 42.6 Å². The molecule has 2 fully saturated rings. The number of nitrogens with zero attached hydrogens (tertiary/aromatic N) is 5. The third kappa shape index (κ3) is 6.61. The summed E-state index contributed by atoms with van der Waals surface area (Å²) >= 11 is 0. The number of alkyl halides is 3. The first kappa shape index (κ1) is 33.8. The van der Waals surface area contributed by atoms with Crippen LogP contribution in [0.15, 0.2) is 30.3 Å². The van der Waals surface area contributed by atoms with Crippen molar-refractivity contribution >= 4 is 33.9 Å². The summed E-state index contributed by atoms with van der Waals surface area (Å²) in [6, 6.07) is 8.29. The summed E-state index contributed by atoms with van der Waals surface area (Å²) in [5.41, 5.74) is -0.495. The number of hydrogen-bond donors (Lipinski definition) is 1. The Bertz CT molecular complexity index is 1860. The number of ether oxygens (including phenoxy) is 2. The lowest BCUT2D eigenvalue weighted by Gasteiger charge is -2.35. The highest BCUT2D eigenvalue weighted by Gasteiger charge is 2.35. The van der Waals surface area contributed by atoms with E-state index in [2.05, 4.69) is 4.98 Å². The number of carbonyl (C=O) groups excluding carboxylic acids is 2. The zero-order chi connectivity index (χ0) is 34.5. The van der Waals surface area contributed by atoms with Crippen molar-refractivity contribution in [1.29, 1.82) is 0 Å². The van der Waals surface area contributed by atoms with Gasteiger partial charge in [-0.1, -0.05) is 0 Å². The van der Waals surface area contributed by atoms with E-state index in [1.807, 2.05) is 22.2 Å². The predicted octanol–water partition coefficient (Wildman–Crippen LogP) is 5.67. The van der Waals surface area contributed by atoms with Gasteiger partial charge in [0.05, 0.1) is 37.0 Å². The molecule has 4 aromatic rings. The number of aliphatic hydroxyl groups is 1. The molecule has 0 unspecified atom stereocenters. The van der Waals surface area contributed by atoms with Crippen molar-refractivity contribution in [1.82, 2.24) is 24.0 Å². The molecule has 0 bridgehead atoms. The number of likely N-dealkylation sites (tertiary alicyclic amines) is 1. The lowest BCUT2D eigenvalue weighted by Crippen LogP contribution is -2.45. The molecule has 4 heterocycles. The second-order valence-electron chi connectivity index (χ2n) is 14.2. The van der Waals surface area contributed by atoms with Crippen LogP contribution >= 0.6 is 0 Å². The summed E-state index contributed by atoms with van der Waals surface area (Å²) < 4.78 is 57.3. The summed E-state index contributed by atoms with van der Waals surface area (Å²) in [6.45, 7) is 3.43. The van der Waals surface area contributed by atoms with Crippen molar-refractivity contribution in [2.24, 2.45) is 18.9 Å². The van der Waals surface area contributed by atoms with E-state index >= 15 is 0 Å². The Kier molecular flexibility index (Phi) is 8.95. The number of hydrogen-bond acceptors (Lipinski definition) is 7. The van der Waals surface area contributed by atoms with E-state index in [1.54, 1.807) is 39.0 Å². The molecular formula is C35H42F3N5O5. The van der Waals surface area contributed by atoms with Gasteiger partial charge in [0.1, 0.15) is 42.0 Å². The van der Waals surface area contributed by atoms with Gasteiger partial charge in [0.2, 0.25) is 0 Å². The second-order valence-corrected chi connectivity index (χ2v) is 14.2. The summed E-state index contributed by atoms with van der Waals surface area (Å²) in [5, 5.41) is 11.2. The fraction of sp³-hybridized carbons (Fsp3) is 0.543. The highest BCUT2D eigenvalue weighted by molar-refractivity contribution is 6.00. The van der Waals surface area contributed by atoms with E-state index in [0.29, 0.717) is 46.4 Å². The number of aromatic nitrogens is 4. The number of esters is 1. The smallest absolute Gasteiger partial charge is 0.306 e. The van der Waals surface area contributed by atoms with Gasteiger partial charge < -0.3 is 28.6 Å². The maximum atomic E-state index is 14.9. The summed E-state index contributed by atoms with van der Waals surface area (Å²) in [6.07, 6.45) is 0.971. The summed E-state index contributed by atoms with van der Waals surface area (Å²) in [4.78, 5) is 37.2. The van der Waals surface area contributed by atoms with Gasteiger partial charge in [0.15, 0.2) is 11.4 Å². The van der Waals surface area contributed by atoms with Crippen LogP contribution in [0.2, 0.25) is 0 Å². The number of pyridine rings is 1. The van der Waals surface area contributed by atoms with Gasteiger partial charge in [-0.2, -0.15) is 0 Å². The maximum absolute atomic E-state index is 14.9. The molecule has 6 rings (SSSR count). The summed E-state index contributed by atoms with van der Waals surface area (Å²) in [7, 11) is 3.33. The molecule has 0 radical (unpaired) electrons. The fourth-order valence-corrected chi connectivity index (χ4v) is 6.56. The van der Waals surface area contributed by atoms with Crippen LogP contribution < -0.4 is 4.74 Å². The monoisotopic (exact) mass is 669 g/mol. The zero-order valence-corrected chi connectivity index (χ0v) is 27.9. The number of piperidine rings is 1. The van der Waals surface area contributed by atoms with Gasteiger partial charge in [0.25, 0.3) is 5.91 Å². The number of amides is 1. The van der Waals surface area contributed by atoms with Crippen LogP contribution in [0.3, 0.4) is 0 Å². The highest BCUT2D eigenvalue weighted by Crippen LogP contribution is 2.38. The molecule has 48 heavy (non-hydrogen) atoms. The Morgan fingerprint density at radius 1 is 1.04 bits per heavy atom. The van der Waals surface area contributed by atoms with Crippen molar-refractivity contribution in [2.45, 2.75) is 70.4 Å². The van der Waals surface area contributed by atoms with Gasteiger partial charge in [-0.15, -0.1) is 0 Å². The van der Waals surface area contributed by atoms with Crippen LogP contribution in [0.25, 0.3) is 33.6 Å². The molecule has 2 atom stereocenters. The van der Waals surface area contributed by atoms with E-state index in [0.717, 1.165) is 18.2 Å².